The molecule has 0 aliphatic carbocycles. The lowest BCUT2D eigenvalue weighted by molar-refractivity contribution is 0.492. The minimum Gasteiger partial charge on any atom is -0.272 e. The van der Waals surface area contributed by atoms with Crippen molar-refractivity contribution in [2.75, 3.05) is 26.2 Å². The van der Waals surface area contributed by atoms with Gasteiger partial charge in [-0.2, -0.15) is 0 Å². The maximum atomic E-state index is 2.62. The third kappa shape index (κ3) is 2.14. The van der Waals surface area contributed by atoms with Crippen molar-refractivity contribution in [1.82, 2.24) is 9.34 Å². The second-order valence-corrected chi connectivity index (χ2v) is 4.95. The van der Waals surface area contributed by atoms with Crippen molar-refractivity contribution in [3.63, 3.8) is 0 Å². The molecule has 64 valence electrons. The summed E-state index contributed by atoms with van der Waals surface area (Å²) in [6.45, 7) is 5.42. The first kappa shape index (κ1) is 7.97. The van der Waals surface area contributed by atoms with Gasteiger partial charge in [0.1, 0.15) is 0 Å². The Balaban J connectivity index is 1.71. The summed E-state index contributed by atoms with van der Waals surface area (Å²) < 4.78 is 5.23. The minimum atomic E-state index is 1.01. The van der Waals surface area contributed by atoms with Gasteiger partial charge in [0, 0.05) is 35.1 Å². The van der Waals surface area contributed by atoms with Crippen molar-refractivity contribution in [2.45, 2.75) is 25.7 Å². The van der Waals surface area contributed by atoms with E-state index in [2.05, 4.69) is 9.34 Å². The summed E-state index contributed by atoms with van der Waals surface area (Å²) >= 11 is 0. The maximum absolute atomic E-state index is 2.62. The molecule has 2 heterocycles. The molecule has 0 N–H and O–H groups in total. The summed E-state index contributed by atoms with van der Waals surface area (Å²) in [4.78, 5) is 0. The van der Waals surface area contributed by atoms with Crippen molar-refractivity contribution in [3.8, 4) is 0 Å². The van der Waals surface area contributed by atoms with E-state index in [0.717, 1.165) is 8.88 Å². The average molecular weight is 172 g/mol. The van der Waals surface area contributed by atoms with E-state index < -0.39 is 0 Å². The first-order chi connectivity index (χ1) is 5.45. The molecule has 2 rings (SSSR count). The molecule has 2 aliphatic heterocycles. The van der Waals surface area contributed by atoms with Crippen LogP contribution in [0.15, 0.2) is 0 Å². The molecular formula is C8H17N2P. The van der Waals surface area contributed by atoms with Crippen LogP contribution in [0.5, 0.6) is 0 Å². The maximum Gasteiger partial charge on any atom is 0.0240 e. The first-order valence-corrected chi connectivity index (χ1v) is 5.61. The topological polar surface area (TPSA) is 6.48 Å². The molecule has 2 nitrogen and oxygen atoms in total. The zero-order chi connectivity index (χ0) is 7.52. The normalized spacial score (nSPS) is 28.4. The van der Waals surface area contributed by atoms with Gasteiger partial charge in [0.2, 0.25) is 0 Å². The molecule has 0 bridgehead atoms. The molecule has 0 aromatic carbocycles. The molecule has 0 aromatic rings. The van der Waals surface area contributed by atoms with Crippen LogP contribution >= 0.6 is 8.88 Å². The quantitative estimate of drug-likeness (QED) is 0.585. The summed E-state index contributed by atoms with van der Waals surface area (Å²) in [7, 11) is 1.01. The molecule has 0 aromatic heterocycles. The fraction of sp³-hybridized carbons (Fsp3) is 1.00. The molecular weight excluding hydrogens is 155 g/mol. The zero-order valence-corrected chi connectivity index (χ0v) is 8.05. The van der Waals surface area contributed by atoms with E-state index in [0.29, 0.717) is 0 Å². The molecule has 2 aliphatic rings. The van der Waals surface area contributed by atoms with E-state index in [1.165, 1.54) is 51.9 Å². The first-order valence-electron chi connectivity index (χ1n) is 4.71. The second kappa shape index (κ2) is 3.84. The van der Waals surface area contributed by atoms with Crippen LogP contribution in [0, 0.1) is 0 Å². The number of hydrogen-bond acceptors (Lipinski definition) is 2. The summed E-state index contributed by atoms with van der Waals surface area (Å²) in [6, 6.07) is 0. The van der Waals surface area contributed by atoms with Gasteiger partial charge in [-0.05, 0) is 25.7 Å². The van der Waals surface area contributed by atoms with Crippen molar-refractivity contribution in [2.24, 2.45) is 0 Å². The van der Waals surface area contributed by atoms with Gasteiger partial charge < -0.3 is 0 Å². The van der Waals surface area contributed by atoms with Crippen LogP contribution in [0.4, 0.5) is 0 Å². The summed E-state index contributed by atoms with van der Waals surface area (Å²) in [5.41, 5.74) is 0. The van der Waals surface area contributed by atoms with Crippen molar-refractivity contribution >= 4 is 8.88 Å². The molecule has 0 unspecified atom stereocenters. The highest BCUT2D eigenvalue weighted by atomic mass is 31.1. The minimum absolute atomic E-state index is 1.01. The molecule has 2 fully saturated rings. The van der Waals surface area contributed by atoms with Crippen LogP contribution in [-0.4, -0.2) is 35.5 Å². The van der Waals surface area contributed by atoms with Crippen LogP contribution < -0.4 is 0 Å². The van der Waals surface area contributed by atoms with Crippen molar-refractivity contribution < 1.29 is 0 Å². The van der Waals surface area contributed by atoms with Gasteiger partial charge in [-0.3, -0.25) is 9.34 Å². The number of nitrogens with zero attached hydrogens (tertiary/aromatic N) is 2. The number of hydrogen-bond donors (Lipinski definition) is 0. The summed E-state index contributed by atoms with van der Waals surface area (Å²) in [6.07, 6.45) is 5.73. The van der Waals surface area contributed by atoms with Crippen LogP contribution in [0.25, 0.3) is 0 Å². The Hall–Kier alpha value is 0.350. The lowest BCUT2D eigenvalue weighted by atomic mass is 10.4. The highest BCUT2D eigenvalue weighted by Crippen LogP contribution is 2.30. The predicted molar refractivity (Wildman–Crippen MR) is 49.9 cm³/mol. The second-order valence-electron chi connectivity index (χ2n) is 3.49. The fourth-order valence-corrected chi connectivity index (χ4v) is 3.27. The largest absolute Gasteiger partial charge is 0.272 e. The van der Waals surface area contributed by atoms with Gasteiger partial charge >= 0.3 is 0 Å². The fourth-order valence-electron chi connectivity index (χ4n) is 1.83. The van der Waals surface area contributed by atoms with Gasteiger partial charge in [0.05, 0.1) is 0 Å². The van der Waals surface area contributed by atoms with Gasteiger partial charge in [-0.1, -0.05) is 0 Å². The Morgan fingerprint density at radius 2 is 1.00 bits per heavy atom. The standard InChI is InChI=1S/C8H17N2P/c1-2-6-9(5-1)11-10-7-3-4-8-10/h11H,1-8H2. The van der Waals surface area contributed by atoms with Gasteiger partial charge in [-0.15, -0.1) is 0 Å². The lowest BCUT2D eigenvalue weighted by Gasteiger charge is -2.21. The average Bonchev–Trinajstić information content (AvgIpc) is 2.60. The monoisotopic (exact) mass is 172 g/mol. The molecule has 11 heavy (non-hydrogen) atoms. The van der Waals surface area contributed by atoms with Crippen LogP contribution in [-0.2, 0) is 0 Å². The van der Waals surface area contributed by atoms with E-state index >= 15 is 0 Å². The molecule has 0 spiro atoms. The van der Waals surface area contributed by atoms with E-state index in [-0.39, 0.29) is 0 Å². The predicted octanol–water partition coefficient (Wildman–Crippen LogP) is 1.69. The summed E-state index contributed by atoms with van der Waals surface area (Å²) in [5, 5.41) is 0. The SMILES string of the molecule is C1CCN(PN2CCCC2)C1. The van der Waals surface area contributed by atoms with Crippen molar-refractivity contribution in [1.29, 1.82) is 0 Å². The molecule has 0 atom stereocenters. The smallest absolute Gasteiger partial charge is 0.0240 e. The Morgan fingerprint density at radius 1 is 0.636 bits per heavy atom. The molecule has 0 saturated carbocycles. The highest BCUT2D eigenvalue weighted by molar-refractivity contribution is 7.32. The molecule has 3 heteroatoms. The summed E-state index contributed by atoms with van der Waals surface area (Å²) in [5.74, 6) is 0. The van der Waals surface area contributed by atoms with E-state index in [9.17, 15) is 0 Å². The van der Waals surface area contributed by atoms with Crippen LogP contribution in [0.1, 0.15) is 25.7 Å². The Morgan fingerprint density at radius 3 is 1.36 bits per heavy atom. The van der Waals surface area contributed by atoms with Crippen LogP contribution in [0.2, 0.25) is 0 Å². The van der Waals surface area contributed by atoms with Crippen LogP contribution in [0.3, 0.4) is 0 Å². The van der Waals surface area contributed by atoms with E-state index in [1.807, 2.05) is 0 Å². The molecule has 2 saturated heterocycles. The zero-order valence-electron chi connectivity index (χ0n) is 7.05. The van der Waals surface area contributed by atoms with Gasteiger partial charge in [-0.25, -0.2) is 0 Å². The van der Waals surface area contributed by atoms with Crippen molar-refractivity contribution in [3.05, 3.63) is 0 Å². The Labute approximate surface area is 70.8 Å². The van der Waals surface area contributed by atoms with Gasteiger partial charge in [0.25, 0.3) is 0 Å². The van der Waals surface area contributed by atoms with E-state index in [1.54, 1.807) is 0 Å². The molecule has 0 radical (unpaired) electrons. The Bertz CT molecular complexity index is 103. The lowest BCUT2D eigenvalue weighted by Crippen LogP contribution is -2.17. The third-order valence-electron chi connectivity index (χ3n) is 2.49. The molecule has 0 amide bonds. The Kier molecular flexibility index (Phi) is 2.78. The van der Waals surface area contributed by atoms with Gasteiger partial charge in [0.15, 0.2) is 0 Å². The highest BCUT2D eigenvalue weighted by Gasteiger charge is 2.17. The van der Waals surface area contributed by atoms with E-state index in [4.69, 9.17) is 0 Å². The third-order valence-corrected chi connectivity index (χ3v) is 3.96. The number of rotatable bonds is 2.